The number of allylic oxidation sites excluding steroid dienone is 2. The van der Waals surface area contributed by atoms with Crippen molar-refractivity contribution < 1.29 is 55.7 Å². The molecule has 316 valence electrons. The van der Waals surface area contributed by atoms with Crippen molar-refractivity contribution in [3.05, 3.63) is 184 Å². The van der Waals surface area contributed by atoms with E-state index < -0.39 is 93.3 Å². The molecule has 4 atom stereocenters. The van der Waals surface area contributed by atoms with Gasteiger partial charge in [0, 0.05) is 56.8 Å². The number of ether oxygens (including phenoxy) is 4. The summed E-state index contributed by atoms with van der Waals surface area (Å²) in [6.45, 7) is 5.55. The predicted molar refractivity (Wildman–Crippen MR) is 215 cm³/mol. The monoisotopic (exact) mass is 845 g/mol. The summed E-state index contributed by atoms with van der Waals surface area (Å²) in [6, 6.07) is 27.8. The Balaban J connectivity index is 1.51. The first kappa shape index (κ1) is 40.6. The minimum absolute atomic E-state index is 0.131. The van der Waals surface area contributed by atoms with Gasteiger partial charge in [-0.25, -0.2) is 17.6 Å². The molecule has 0 bridgehead atoms. The number of esters is 4. The Hall–Kier alpha value is -6.76. The third kappa shape index (κ3) is 6.19. The molecule has 2 spiro atoms. The molecule has 0 amide bonds. The van der Waals surface area contributed by atoms with Crippen LogP contribution in [-0.2, 0) is 38.1 Å². The molecule has 9 rings (SSSR count). The third-order valence-electron chi connectivity index (χ3n) is 12.4. The predicted octanol–water partition coefficient (Wildman–Crippen LogP) is 9.46. The molecule has 1 aliphatic carbocycles. The number of para-hydroxylation sites is 1. The largest absolute Gasteiger partial charge is 0.422 e. The molecule has 0 aromatic heterocycles. The summed E-state index contributed by atoms with van der Waals surface area (Å²) in [5.41, 5.74) is -3.07. The van der Waals surface area contributed by atoms with Crippen molar-refractivity contribution in [3.8, 4) is 0 Å². The van der Waals surface area contributed by atoms with Gasteiger partial charge in [-0.2, -0.15) is 0 Å². The number of carbonyl (C=O) groups excluding carboxylic acids is 4. The summed E-state index contributed by atoms with van der Waals surface area (Å²) in [5.74, 6) is -14.6. The van der Waals surface area contributed by atoms with E-state index in [-0.39, 0.29) is 28.7 Å². The Labute approximate surface area is 353 Å². The van der Waals surface area contributed by atoms with Crippen molar-refractivity contribution in [2.45, 2.75) is 69.5 Å². The number of rotatable bonds is 5. The van der Waals surface area contributed by atoms with Gasteiger partial charge in [0.05, 0.1) is 6.04 Å². The molecule has 2 saturated heterocycles. The van der Waals surface area contributed by atoms with Crippen LogP contribution < -0.4 is 4.90 Å². The standard InChI is InChI=1S/C49H39F4NO8/c1-46(2)59-42(55)48(43(56)60-46)36(27-10-18-31(50)19-11-27)26-37-38(39(48)28-12-20-32(51)21-13-28)40(29-14-22-33(52)23-15-29)49(44(57)61-47(3,4)62-45(49)58)41(30-16-24-34(53)25-17-30)54(37)35-8-6-5-7-9-35/h5-25,36,39-41H,26H2,1-4H3/t36-,39-,40-,41-/m0/s1. The van der Waals surface area contributed by atoms with Crippen LogP contribution in [0.2, 0.25) is 0 Å². The number of anilines is 1. The Morgan fingerprint density at radius 2 is 0.823 bits per heavy atom. The van der Waals surface area contributed by atoms with E-state index in [1.54, 1.807) is 35.2 Å². The summed E-state index contributed by atoms with van der Waals surface area (Å²) < 4.78 is 83.9. The van der Waals surface area contributed by atoms with Gasteiger partial charge < -0.3 is 23.8 Å². The molecular formula is C49H39F4NO8. The topological polar surface area (TPSA) is 108 Å². The van der Waals surface area contributed by atoms with Crippen LogP contribution in [0.15, 0.2) is 139 Å². The fourth-order valence-corrected chi connectivity index (χ4v) is 10.1. The number of carbonyl (C=O) groups is 4. The molecule has 0 saturated carbocycles. The smallest absolute Gasteiger partial charge is 0.330 e. The van der Waals surface area contributed by atoms with Gasteiger partial charge in [0.15, 0.2) is 10.8 Å². The van der Waals surface area contributed by atoms with E-state index in [0.717, 1.165) is 24.3 Å². The quantitative estimate of drug-likeness (QED) is 0.0972. The van der Waals surface area contributed by atoms with Crippen molar-refractivity contribution in [3.63, 3.8) is 0 Å². The first-order chi connectivity index (χ1) is 29.5. The van der Waals surface area contributed by atoms with Crippen molar-refractivity contribution >= 4 is 29.6 Å². The molecule has 62 heavy (non-hydrogen) atoms. The van der Waals surface area contributed by atoms with Gasteiger partial charge in [0.1, 0.15) is 23.3 Å². The van der Waals surface area contributed by atoms with Gasteiger partial charge in [-0.3, -0.25) is 19.2 Å². The first-order valence-corrected chi connectivity index (χ1v) is 20.0. The SMILES string of the molecule is CC1(C)OC(=O)C2(C(=O)O1)[C@@H](c1ccc(F)cc1)C1=C(C[C@@H](c3ccc(F)cc3)C3(C(=O)OC(C)(C)OC3=O)[C@H]1c1ccc(F)cc1)N(c1ccccc1)[C@H]2c1ccc(F)cc1. The van der Waals surface area contributed by atoms with E-state index in [4.69, 9.17) is 18.9 Å². The number of hydrogen-bond acceptors (Lipinski definition) is 9. The molecule has 5 aromatic rings. The fourth-order valence-electron chi connectivity index (χ4n) is 10.1. The highest BCUT2D eigenvalue weighted by molar-refractivity contribution is 6.08. The van der Waals surface area contributed by atoms with E-state index in [0.29, 0.717) is 16.9 Å². The van der Waals surface area contributed by atoms with E-state index in [1.165, 1.54) is 100 Å². The second-order valence-corrected chi connectivity index (χ2v) is 16.9. The molecule has 0 unspecified atom stereocenters. The zero-order chi connectivity index (χ0) is 43.9. The average Bonchev–Trinajstić information content (AvgIpc) is 3.22. The van der Waals surface area contributed by atoms with Crippen molar-refractivity contribution in [1.82, 2.24) is 0 Å². The molecule has 9 nitrogen and oxygen atoms in total. The zero-order valence-electron chi connectivity index (χ0n) is 33.9. The number of cyclic esters (lactones) is 4. The summed E-state index contributed by atoms with van der Waals surface area (Å²) in [4.78, 5) is 63.5. The van der Waals surface area contributed by atoms with E-state index >= 15 is 28.0 Å². The Bertz CT molecular complexity index is 2560. The number of benzene rings is 5. The molecule has 3 aliphatic heterocycles. The van der Waals surface area contributed by atoms with Gasteiger partial charge >= 0.3 is 23.9 Å². The van der Waals surface area contributed by atoms with E-state index in [9.17, 15) is 8.78 Å². The van der Waals surface area contributed by atoms with Crippen LogP contribution in [0.4, 0.5) is 23.2 Å². The second kappa shape index (κ2) is 14.4. The molecule has 2 fully saturated rings. The van der Waals surface area contributed by atoms with Crippen LogP contribution >= 0.6 is 0 Å². The number of nitrogens with zero attached hydrogens (tertiary/aromatic N) is 1. The molecule has 13 heteroatoms. The van der Waals surface area contributed by atoms with E-state index in [2.05, 4.69) is 0 Å². The lowest BCUT2D eigenvalue weighted by atomic mass is 9.48. The molecule has 5 aromatic carbocycles. The molecule has 3 heterocycles. The van der Waals surface area contributed by atoms with Gasteiger partial charge in [-0.15, -0.1) is 0 Å². The molecular weight excluding hydrogens is 807 g/mol. The highest BCUT2D eigenvalue weighted by Gasteiger charge is 2.75. The van der Waals surface area contributed by atoms with Crippen LogP contribution in [0, 0.1) is 34.1 Å². The highest BCUT2D eigenvalue weighted by atomic mass is 19.1. The first-order valence-electron chi connectivity index (χ1n) is 20.0. The number of hydrogen-bond donors (Lipinski definition) is 0. The highest BCUT2D eigenvalue weighted by Crippen LogP contribution is 2.70. The van der Waals surface area contributed by atoms with Crippen molar-refractivity contribution in [1.29, 1.82) is 0 Å². The fraction of sp³-hybridized carbons (Fsp3) is 0.265. The van der Waals surface area contributed by atoms with Crippen LogP contribution in [0.3, 0.4) is 0 Å². The van der Waals surface area contributed by atoms with Gasteiger partial charge in [0.2, 0.25) is 0 Å². The summed E-state index contributed by atoms with van der Waals surface area (Å²) in [6.07, 6.45) is -0.223. The normalized spacial score (nSPS) is 24.5. The lowest BCUT2D eigenvalue weighted by Gasteiger charge is -2.61. The lowest BCUT2D eigenvalue weighted by molar-refractivity contribution is -0.256. The van der Waals surface area contributed by atoms with Crippen molar-refractivity contribution in [2.75, 3.05) is 4.90 Å². The summed E-state index contributed by atoms with van der Waals surface area (Å²) >= 11 is 0. The Morgan fingerprint density at radius 3 is 1.24 bits per heavy atom. The minimum atomic E-state index is -2.51. The summed E-state index contributed by atoms with van der Waals surface area (Å²) in [7, 11) is 0. The third-order valence-corrected chi connectivity index (χ3v) is 12.4. The second-order valence-electron chi connectivity index (χ2n) is 16.9. The van der Waals surface area contributed by atoms with Crippen molar-refractivity contribution in [2.24, 2.45) is 10.8 Å². The van der Waals surface area contributed by atoms with Gasteiger partial charge in [-0.05, 0) is 94.9 Å². The van der Waals surface area contributed by atoms with Gasteiger partial charge in [0.25, 0.3) is 11.6 Å². The molecule has 4 aliphatic rings. The zero-order valence-corrected chi connectivity index (χ0v) is 33.9. The molecule has 0 radical (unpaired) electrons. The maximum absolute atomic E-state index is 15.5. The summed E-state index contributed by atoms with van der Waals surface area (Å²) in [5, 5.41) is 0. The van der Waals surface area contributed by atoms with E-state index in [1.807, 2.05) is 0 Å². The Kier molecular flexibility index (Phi) is 9.45. The maximum atomic E-state index is 15.5. The Morgan fingerprint density at radius 1 is 0.468 bits per heavy atom. The minimum Gasteiger partial charge on any atom is -0.422 e. The van der Waals surface area contributed by atoms with Crippen LogP contribution in [0.5, 0.6) is 0 Å². The maximum Gasteiger partial charge on any atom is 0.330 e. The van der Waals surface area contributed by atoms with Gasteiger partial charge in [-0.1, -0.05) is 66.7 Å². The van der Waals surface area contributed by atoms with Crippen LogP contribution in [0.1, 0.15) is 80.2 Å². The van der Waals surface area contributed by atoms with Crippen LogP contribution in [0.25, 0.3) is 0 Å². The average molecular weight is 846 g/mol. The van der Waals surface area contributed by atoms with Crippen LogP contribution in [-0.4, -0.2) is 35.5 Å². The number of halogens is 4. The molecule has 0 N–H and O–H groups in total. The lowest BCUT2D eigenvalue weighted by Crippen LogP contribution is -2.67.